The Hall–Kier alpha value is -2.98. The zero-order chi connectivity index (χ0) is 20.1. The summed E-state index contributed by atoms with van der Waals surface area (Å²) in [5, 5.41) is 4.27. The third-order valence-electron chi connectivity index (χ3n) is 3.50. The first kappa shape index (κ1) is 19.8. The molecule has 2 aromatic carbocycles. The Morgan fingerprint density at radius 3 is 2.18 bits per heavy atom. The van der Waals surface area contributed by atoms with Crippen LogP contribution in [0.15, 0.2) is 70.3 Å². The summed E-state index contributed by atoms with van der Waals surface area (Å²) in [6, 6.07) is 14.5. The van der Waals surface area contributed by atoms with Gasteiger partial charge >= 0.3 is 6.61 Å². The van der Waals surface area contributed by atoms with Gasteiger partial charge in [-0.3, -0.25) is 9.52 Å². The van der Waals surface area contributed by atoms with Crippen molar-refractivity contribution in [2.75, 3.05) is 10.0 Å². The van der Waals surface area contributed by atoms with Gasteiger partial charge in [0, 0.05) is 16.9 Å². The highest BCUT2D eigenvalue weighted by atomic mass is 32.2. The number of amides is 1. The minimum atomic E-state index is -3.66. The highest BCUT2D eigenvalue weighted by Gasteiger charge is 2.15. The van der Waals surface area contributed by atoms with E-state index in [0.29, 0.717) is 16.9 Å². The summed E-state index contributed by atoms with van der Waals surface area (Å²) in [6.07, 6.45) is 0. The molecule has 0 aliphatic carbocycles. The molecule has 1 aromatic heterocycles. The molecule has 0 bridgehead atoms. The van der Waals surface area contributed by atoms with Gasteiger partial charge in [-0.2, -0.15) is 8.78 Å². The standard InChI is InChI=1S/C18H14F2N2O4S2/c19-18(20)26-15-9-7-13(8-10-15)21-17(23)12-3-5-14(6-4-12)22-28(24,25)16-2-1-11-27-16/h1-11,18,22H,(H,21,23). The van der Waals surface area contributed by atoms with Crippen molar-refractivity contribution in [2.45, 2.75) is 10.8 Å². The van der Waals surface area contributed by atoms with Crippen LogP contribution in [0.25, 0.3) is 0 Å². The Kier molecular flexibility index (Phi) is 5.90. The van der Waals surface area contributed by atoms with Crippen molar-refractivity contribution in [3.8, 4) is 5.75 Å². The number of rotatable bonds is 7. The number of anilines is 2. The molecular formula is C18H14F2N2O4S2. The van der Waals surface area contributed by atoms with Gasteiger partial charge in [0.2, 0.25) is 0 Å². The van der Waals surface area contributed by atoms with E-state index in [1.807, 2.05) is 0 Å². The maximum atomic E-state index is 12.3. The predicted molar refractivity (Wildman–Crippen MR) is 103 cm³/mol. The second kappa shape index (κ2) is 8.36. The Bertz CT molecular complexity index is 1040. The van der Waals surface area contributed by atoms with Crippen LogP contribution in [0.1, 0.15) is 10.4 Å². The Balaban J connectivity index is 1.64. The predicted octanol–water partition coefficient (Wildman–Crippen LogP) is 4.40. The molecular weight excluding hydrogens is 410 g/mol. The van der Waals surface area contributed by atoms with Crippen molar-refractivity contribution >= 4 is 38.6 Å². The number of ether oxygens (including phenoxy) is 1. The van der Waals surface area contributed by atoms with Crippen LogP contribution in [0.2, 0.25) is 0 Å². The first-order chi connectivity index (χ1) is 13.3. The fraction of sp³-hybridized carbons (Fsp3) is 0.0556. The second-order valence-electron chi connectivity index (χ2n) is 5.47. The van der Waals surface area contributed by atoms with Gasteiger partial charge in [0.15, 0.2) is 0 Å². The number of thiophene rings is 1. The van der Waals surface area contributed by atoms with E-state index in [1.54, 1.807) is 11.4 Å². The summed E-state index contributed by atoms with van der Waals surface area (Å²) in [7, 11) is -3.66. The minimum Gasteiger partial charge on any atom is -0.435 e. The number of halogens is 2. The van der Waals surface area contributed by atoms with Gasteiger partial charge in [0.1, 0.15) is 9.96 Å². The van der Waals surface area contributed by atoms with Gasteiger partial charge in [-0.25, -0.2) is 8.42 Å². The van der Waals surface area contributed by atoms with Crippen LogP contribution in [0, 0.1) is 0 Å². The van der Waals surface area contributed by atoms with Crippen molar-refractivity contribution in [3.63, 3.8) is 0 Å². The van der Waals surface area contributed by atoms with Crippen LogP contribution in [-0.2, 0) is 10.0 Å². The molecule has 0 fully saturated rings. The first-order valence-electron chi connectivity index (χ1n) is 7.86. The van der Waals surface area contributed by atoms with Gasteiger partial charge in [0.25, 0.3) is 15.9 Å². The van der Waals surface area contributed by atoms with E-state index in [9.17, 15) is 22.0 Å². The van der Waals surface area contributed by atoms with E-state index in [0.717, 1.165) is 11.3 Å². The molecule has 10 heteroatoms. The summed E-state index contributed by atoms with van der Waals surface area (Å²) in [5.74, 6) is -0.453. The fourth-order valence-electron chi connectivity index (χ4n) is 2.23. The number of benzene rings is 2. The monoisotopic (exact) mass is 424 g/mol. The van der Waals surface area contributed by atoms with Crippen LogP contribution >= 0.6 is 11.3 Å². The summed E-state index contributed by atoms with van der Waals surface area (Å²) < 4.78 is 55.5. The minimum absolute atomic E-state index is 0.0182. The molecule has 2 N–H and O–H groups in total. The smallest absolute Gasteiger partial charge is 0.387 e. The molecule has 3 rings (SSSR count). The first-order valence-corrected chi connectivity index (χ1v) is 10.2. The molecule has 0 unspecified atom stereocenters. The molecule has 1 amide bonds. The van der Waals surface area contributed by atoms with Crippen LogP contribution < -0.4 is 14.8 Å². The number of nitrogens with one attached hydrogen (secondary N) is 2. The van der Waals surface area contributed by atoms with Crippen LogP contribution in [-0.4, -0.2) is 20.9 Å². The largest absolute Gasteiger partial charge is 0.435 e. The Morgan fingerprint density at radius 1 is 0.964 bits per heavy atom. The molecule has 0 atom stereocenters. The van der Waals surface area contributed by atoms with E-state index in [2.05, 4.69) is 14.8 Å². The molecule has 0 aliphatic rings. The molecule has 146 valence electrons. The third kappa shape index (κ3) is 5.05. The molecule has 0 saturated heterocycles. The highest BCUT2D eigenvalue weighted by molar-refractivity contribution is 7.94. The van der Waals surface area contributed by atoms with Crippen LogP contribution in [0.5, 0.6) is 5.75 Å². The number of alkyl halides is 2. The molecule has 3 aromatic rings. The van der Waals surface area contributed by atoms with Crippen molar-refractivity contribution in [1.82, 2.24) is 0 Å². The average Bonchev–Trinajstić information content (AvgIpc) is 3.19. The summed E-state index contributed by atoms with van der Waals surface area (Å²) >= 11 is 1.10. The lowest BCUT2D eigenvalue weighted by atomic mass is 10.2. The highest BCUT2D eigenvalue weighted by Crippen LogP contribution is 2.21. The van der Waals surface area contributed by atoms with Gasteiger partial charge in [-0.15, -0.1) is 11.3 Å². The van der Waals surface area contributed by atoms with E-state index >= 15 is 0 Å². The van der Waals surface area contributed by atoms with E-state index in [4.69, 9.17) is 0 Å². The second-order valence-corrected chi connectivity index (χ2v) is 8.33. The third-order valence-corrected chi connectivity index (χ3v) is 6.28. The summed E-state index contributed by atoms with van der Waals surface area (Å²) in [5.41, 5.74) is 1.01. The zero-order valence-corrected chi connectivity index (χ0v) is 15.8. The molecule has 28 heavy (non-hydrogen) atoms. The molecule has 0 aliphatic heterocycles. The lowest BCUT2D eigenvalue weighted by Gasteiger charge is -2.09. The van der Waals surface area contributed by atoms with Gasteiger partial charge in [-0.1, -0.05) is 6.07 Å². The van der Waals surface area contributed by atoms with Crippen LogP contribution in [0.3, 0.4) is 0 Å². The van der Waals surface area contributed by atoms with E-state index in [1.165, 1.54) is 54.6 Å². The number of carbonyl (C=O) groups excluding carboxylic acids is 1. The van der Waals surface area contributed by atoms with Crippen molar-refractivity contribution in [2.24, 2.45) is 0 Å². The fourth-order valence-corrected chi connectivity index (χ4v) is 4.29. The number of sulfonamides is 1. The number of carbonyl (C=O) groups is 1. The van der Waals surface area contributed by atoms with E-state index < -0.39 is 22.5 Å². The van der Waals surface area contributed by atoms with Crippen molar-refractivity contribution in [3.05, 3.63) is 71.6 Å². The van der Waals surface area contributed by atoms with Crippen LogP contribution in [0.4, 0.5) is 20.2 Å². The topological polar surface area (TPSA) is 84.5 Å². The van der Waals surface area contributed by atoms with Gasteiger partial charge < -0.3 is 10.1 Å². The molecule has 0 radical (unpaired) electrons. The summed E-state index contributed by atoms with van der Waals surface area (Å²) in [4.78, 5) is 12.3. The number of hydrogen-bond acceptors (Lipinski definition) is 5. The molecule has 1 heterocycles. The Labute approximate surface area is 163 Å². The summed E-state index contributed by atoms with van der Waals surface area (Å²) in [6.45, 7) is -2.92. The van der Waals surface area contributed by atoms with Gasteiger partial charge in [0.05, 0.1) is 0 Å². The van der Waals surface area contributed by atoms with Crippen molar-refractivity contribution in [1.29, 1.82) is 0 Å². The zero-order valence-electron chi connectivity index (χ0n) is 14.1. The maximum Gasteiger partial charge on any atom is 0.387 e. The Morgan fingerprint density at radius 2 is 1.61 bits per heavy atom. The molecule has 6 nitrogen and oxygen atoms in total. The lowest BCUT2D eigenvalue weighted by Crippen LogP contribution is -2.13. The van der Waals surface area contributed by atoms with E-state index in [-0.39, 0.29) is 9.96 Å². The number of hydrogen-bond donors (Lipinski definition) is 2. The van der Waals surface area contributed by atoms with Crippen molar-refractivity contribution < 1.29 is 26.7 Å². The maximum absolute atomic E-state index is 12.3. The lowest BCUT2D eigenvalue weighted by molar-refractivity contribution is -0.0498. The SMILES string of the molecule is O=C(Nc1ccc(OC(F)F)cc1)c1ccc(NS(=O)(=O)c2cccs2)cc1. The average molecular weight is 424 g/mol. The van der Waals surface area contributed by atoms with Gasteiger partial charge in [-0.05, 0) is 60.0 Å². The molecule has 0 spiro atoms. The quantitative estimate of drug-likeness (QED) is 0.589. The normalized spacial score (nSPS) is 11.2. The molecule has 0 saturated carbocycles.